The molecule has 2 heterocycles. The lowest BCUT2D eigenvalue weighted by Crippen LogP contribution is -2.32. The van der Waals surface area contributed by atoms with E-state index in [1.54, 1.807) is 24.5 Å². The number of thiophene rings is 1. The van der Waals surface area contributed by atoms with Crippen LogP contribution < -0.4 is 11.1 Å². The zero-order valence-electron chi connectivity index (χ0n) is 8.23. The van der Waals surface area contributed by atoms with E-state index in [0.29, 0.717) is 5.82 Å². The van der Waals surface area contributed by atoms with Gasteiger partial charge in [-0.15, -0.1) is 11.3 Å². The Bertz CT molecular complexity index is 494. The molecule has 2 aromatic heterocycles. The van der Waals surface area contributed by atoms with E-state index < -0.39 is 6.04 Å². The van der Waals surface area contributed by atoms with Crippen LogP contribution in [0.3, 0.4) is 0 Å². The van der Waals surface area contributed by atoms with Gasteiger partial charge in [0.2, 0.25) is 5.91 Å². The molecule has 0 aliphatic heterocycles. The van der Waals surface area contributed by atoms with Crippen molar-refractivity contribution in [2.24, 2.45) is 5.73 Å². The summed E-state index contributed by atoms with van der Waals surface area (Å²) in [5.74, 6) is 0.323. The van der Waals surface area contributed by atoms with Crippen LogP contribution in [0.1, 0.15) is 6.92 Å². The average molecular weight is 221 g/mol. The minimum Gasteiger partial charge on any atom is -0.368 e. The summed E-state index contributed by atoms with van der Waals surface area (Å²) >= 11 is 1.64. The molecule has 2 aromatic rings. The van der Waals surface area contributed by atoms with Crippen molar-refractivity contribution in [2.45, 2.75) is 13.0 Å². The van der Waals surface area contributed by atoms with Crippen LogP contribution in [0.4, 0.5) is 5.82 Å². The zero-order valence-corrected chi connectivity index (χ0v) is 9.04. The van der Waals surface area contributed by atoms with Crippen molar-refractivity contribution in [2.75, 3.05) is 5.32 Å². The number of nitrogens with one attached hydrogen (secondary N) is 1. The minimum absolute atomic E-state index is 0.385. The van der Waals surface area contributed by atoms with E-state index in [4.69, 9.17) is 5.73 Å². The largest absolute Gasteiger partial charge is 0.368 e. The standard InChI is InChI=1S/C10H11N3OS/c1-6(9(11)14)13-10-7-3-5-15-8(7)2-4-12-10/h2-6H,1H3,(H2,11,14)(H,12,13). The second-order valence-electron chi connectivity index (χ2n) is 3.26. The van der Waals surface area contributed by atoms with Gasteiger partial charge in [-0.3, -0.25) is 4.79 Å². The summed E-state index contributed by atoms with van der Waals surface area (Å²) in [6, 6.07) is 3.51. The molecule has 0 spiro atoms. The molecule has 0 aliphatic carbocycles. The highest BCUT2D eigenvalue weighted by molar-refractivity contribution is 7.17. The zero-order chi connectivity index (χ0) is 10.8. The summed E-state index contributed by atoms with van der Waals surface area (Å²) in [6.07, 6.45) is 1.72. The number of nitrogens with two attached hydrogens (primary N) is 1. The van der Waals surface area contributed by atoms with Crippen molar-refractivity contribution in [3.05, 3.63) is 23.7 Å². The van der Waals surface area contributed by atoms with Gasteiger partial charge >= 0.3 is 0 Å². The number of carbonyl (C=O) groups is 1. The van der Waals surface area contributed by atoms with Crippen molar-refractivity contribution in [3.8, 4) is 0 Å². The normalized spacial score (nSPS) is 12.6. The number of amides is 1. The number of primary amides is 1. The Labute approximate surface area is 91.1 Å². The topological polar surface area (TPSA) is 68.0 Å². The van der Waals surface area contributed by atoms with E-state index >= 15 is 0 Å². The quantitative estimate of drug-likeness (QED) is 0.826. The molecule has 0 aromatic carbocycles. The summed E-state index contributed by atoms with van der Waals surface area (Å²) in [5, 5.41) is 6.01. The van der Waals surface area contributed by atoms with Crippen molar-refractivity contribution >= 4 is 33.1 Å². The second kappa shape index (κ2) is 3.86. The molecule has 5 heteroatoms. The second-order valence-corrected chi connectivity index (χ2v) is 4.21. The van der Waals surface area contributed by atoms with Crippen LogP contribution in [-0.2, 0) is 4.79 Å². The highest BCUT2D eigenvalue weighted by Gasteiger charge is 2.10. The van der Waals surface area contributed by atoms with Gasteiger partial charge in [-0.25, -0.2) is 4.98 Å². The number of hydrogen-bond acceptors (Lipinski definition) is 4. The fourth-order valence-electron chi connectivity index (χ4n) is 1.29. The molecule has 0 fully saturated rings. The molecule has 0 aliphatic rings. The number of rotatable bonds is 3. The molecule has 3 N–H and O–H groups in total. The van der Waals surface area contributed by atoms with Gasteiger partial charge in [-0.05, 0) is 24.4 Å². The third-order valence-corrected chi connectivity index (χ3v) is 3.04. The van der Waals surface area contributed by atoms with E-state index in [0.717, 1.165) is 10.1 Å². The number of nitrogens with zero attached hydrogens (tertiary/aromatic N) is 1. The first-order valence-electron chi connectivity index (χ1n) is 4.56. The van der Waals surface area contributed by atoms with Crippen LogP contribution in [0, 0.1) is 0 Å². The molecule has 0 saturated carbocycles. The lowest BCUT2D eigenvalue weighted by Gasteiger charge is -2.11. The van der Waals surface area contributed by atoms with Gasteiger partial charge in [0.25, 0.3) is 0 Å². The SMILES string of the molecule is CC(Nc1nccc2sccc12)C(N)=O. The molecule has 0 radical (unpaired) electrons. The summed E-state index contributed by atoms with van der Waals surface area (Å²) in [4.78, 5) is 15.1. The van der Waals surface area contributed by atoms with E-state index in [2.05, 4.69) is 10.3 Å². The van der Waals surface area contributed by atoms with Crippen molar-refractivity contribution in [1.82, 2.24) is 4.98 Å². The molecular formula is C10H11N3OS. The number of fused-ring (bicyclic) bond motifs is 1. The van der Waals surface area contributed by atoms with Crippen molar-refractivity contribution in [1.29, 1.82) is 0 Å². The Balaban J connectivity index is 2.35. The summed E-state index contributed by atoms with van der Waals surface area (Å²) in [6.45, 7) is 1.72. The van der Waals surface area contributed by atoms with Crippen LogP contribution in [0.25, 0.3) is 10.1 Å². The number of anilines is 1. The van der Waals surface area contributed by atoms with Gasteiger partial charge in [-0.1, -0.05) is 0 Å². The van der Waals surface area contributed by atoms with Gasteiger partial charge < -0.3 is 11.1 Å². The smallest absolute Gasteiger partial charge is 0.239 e. The summed E-state index contributed by atoms with van der Waals surface area (Å²) in [5.41, 5.74) is 5.18. The Kier molecular flexibility index (Phi) is 2.55. The summed E-state index contributed by atoms with van der Waals surface area (Å²) < 4.78 is 1.14. The van der Waals surface area contributed by atoms with Gasteiger partial charge in [0.05, 0.1) is 0 Å². The highest BCUT2D eigenvalue weighted by Crippen LogP contribution is 2.25. The fraction of sp³-hybridized carbons (Fsp3) is 0.200. The predicted octanol–water partition coefficient (Wildman–Crippen LogP) is 1.58. The van der Waals surface area contributed by atoms with Crippen LogP contribution >= 0.6 is 11.3 Å². The lowest BCUT2D eigenvalue weighted by molar-refractivity contribution is -0.118. The molecule has 1 amide bonds. The Hall–Kier alpha value is -1.62. The average Bonchev–Trinajstić information content (AvgIpc) is 2.66. The maximum Gasteiger partial charge on any atom is 0.239 e. The van der Waals surface area contributed by atoms with E-state index in [1.165, 1.54) is 0 Å². The van der Waals surface area contributed by atoms with Crippen LogP contribution in [-0.4, -0.2) is 16.9 Å². The first-order chi connectivity index (χ1) is 7.18. The third kappa shape index (κ3) is 1.92. The molecule has 0 saturated heterocycles. The monoisotopic (exact) mass is 221 g/mol. The highest BCUT2D eigenvalue weighted by atomic mass is 32.1. The maximum absolute atomic E-state index is 10.9. The molecular weight excluding hydrogens is 210 g/mol. The maximum atomic E-state index is 10.9. The van der Waals surface area contributed by atoms with Crippen molar-refractivity contribution < 1.29 is 4.79 Å². The predicted molar refractivity (Wildman–Crippen MR) is 61.9 cm³/mol. The Morgan fingerprint density at radius 1 is 1.60 bits per heavy atom. The molecule has 1 unspecified atom stereocenters. The number of aromatic nitrogens is 1. The van der Waals surface area contributed by atoms with Gasteiger partial charge in [0.15, 0.2) is 0 Å². The molecule has 0 bridgehead atoms. The fourth-order valence-corrected chi connectivity index (χ4v) is 2.07. The molecule has 1 atom stereocenters. The van der Waals surface area contributed by atoms with Crippen LogP contribution in [0.5, 0.6) is 0 Å². The summed E-state index contributed by atoms with van der Waals surface area (Å²) in [7, 11) is 0. The van der Waals surface area contributed by atoms with E-state index in [1.807, 2.05) is 17.5 Å². The third-order valence-electron chi connectivity index (χ3n) is 2.16. The molecule has 2 rings (SSSR count). The van der Waals surface area contributed by atoms with Crippen LogP contribution in [0.2, 0.25) is 0 Å². The van der Waals surface area contributed by atoms with Crippen LogP contribution in [0.15, 0.2) is 23.7 Å². The minimum atomic E-state index is -0.414. The van der Waals surface area contributed by atoms with Crippen molar-refractivity contribution in [3.63, 3.8) is 0 Å². The van der Waals surface area contributed by atoms with Gasteiger partial charge in [0, 0.05) is 16.3 Å². The van der Waals surface area contributed by atoms with E-state index in [9.17, 15) is 4.79 Å². The van der Waals surface area contributed by atoms with Gasteiger partial charge in [-0.2, -0.15) is 0 Å². The lowest BCUT2D eigenvalue weighted by atomic mass is 10.2. The number of carbonyl (C=O) groups excluding carboxylic acids is 1. The molecule has 78 valence electrons. The Morgan fingerprint density at radius 2 is 2.40 bits per heavy atom. The molecule has 4 nitrogen and oxygen atoms in total. The number of pyridine rings is 1. The van der Waals surface area contributed by atoms with Gasteiger partial charge in [0.1, 0.15) is 11.9 Å². The Morgan fingerprint density at radius 3 is 3.13 bits per heavy atom. The molecule has 15 heavy (non-hydrogen) atoms. The first-order valence-corrected chi connectivity index (χ1v) is 5.44. The number of hydrogen-bond donors (Lipinski definition) is 2. The van der Waals surface area contributed by atoms with E-state index in [-0.39, 0.29) is 5.91 Å². The first kappa shape index (κ1) is 9.92.